The lowest BCUT2D eigenvalue weighted by Gasteiger charge is -2.24. The van der Waals surface area contributed by atoms with Gasteiger partial charge in [0.15, 0.2) is 0 Å². The number of carbonyl (C=O) groups is 1. The average molecular weight is 457 g/mol. The van der Waals surface area contributed by atoms with Crippen molar-refractivity contribution < 1.29 is 24.9 Å². The van der Waals surface area contributed by atoms with Gasteiger partial charge in [-0.1, -0.05) is 93.2 Å². The highest BCUT2D eigenvalue weighted by Gasteiger charge is 2.26. The molecule has 6 atom stereocenters. The topological polar surface area (TPSA) is 87.0 Å². The molecule has 182 valence electrons. The number of ether oxygens (including phenoxy) is 1. The summed E-state index contributed by atoms with van der Waals surface area (Å²) in [7, 11) is 0. The first kappa shape index (κ1) is 28.6. The van der Waals surface area contributed by atoms with Gasteiger partial charge in [-0.05, 0) is 31.8 Å². The molecule has 33 heavy (non-hydrogen) atoms. The van der Waals surface area contributed by atoms with Gasteiger partial charge in [-0.2, -0.15) is 0 Å². The van der Waals surface area contributed by atoms with E-state index in [1.54, 1.807) is 18.2 Å². The average Bonchev–Trinajstić information content (AvgIpc) is 2.78. The SMILES string of the molecule is CC/C=C/[C@@H]1CC=CC=C[C@@H](O)[C@H](O)[C@H](O)[C@H](C)C=CC[C@H](C)C=CC=C(C)C=CC(=O)O1. The van der Waals surface area contributed by atoms with Crippen LogP contribution in [0.2, 0.25) is 0 Å². The molecule has 0 aromatic heterocycles. The Morgan fingerprint density at radius 1 is 0.970 bits per heavy atom. The summed E-state index contributed by atoms with van der Waals surface area (Å²) in [5.74, 6) is -0.442. The van der Waals surface area contributed by atoms with Gasteiger partial charge in [0.2, 0.25) is 0 Å². The first-order valence-electron chi connectivity index (χ1n) is 11.7. The Hall–Kier alpha value is -2.47. The number of aliphatic hydroxyl groups is 3. The summed E-state index contributed by atoms with van der Waals surface area (Å²) in [6.45, 7) is 7.82. The van der Waals surface area contributed by atoms with Crippen LogP contribution < -0.4 is 0 Å². The van der Waals surface area contributed by atoms with Gasteiger partial charge in [0.1, 0.15) is 18.3 Å². The molecule has 1 aliphatic rings. The lowest BCUT2D eigenvalue weighted by Crippen LogP contribution is -2.39. The predicted octanol–water partition coefficient (Wildman–Crippen LogP) is 4.74. The smallest absolute Gasteiger partial charge is 0.331 e. The molecular formula is C28H40O5. The van der Waals surface area contributed by atoms with E-state index in [1.807, 2.05) is 63.3 Å². The Labute approximate surface area is 198 Å². The van der Waals surface area contributed by atoms with Gasteiger partial charge in [0, 0.05) is 18.4 Å². The van der Waals surface area contributed by atoms with Gasteiger partial charge in [0.25, 0.3) is 0 Å². The summed E-state index contributed by atoms with van der Waals surface area (Å²) >= 11 is 0. The van der Waals surface area contributed by atoms with Crippen LogP contribution in [0.5, 0.6) is 0 Å². The van der Waals surface area contributed by atoms with Crippen molar-refractivity contribution in [3.63, 3.8) is 0 Å². The molecule has 0 aliphatic carbocycles. The standard InChI is InChI=1S/C28H40O5/c1-5-6-16-24-17-8-7-9-18-25(29)28(32)27(31)23(4)15-11-14-21(2)12-10-13-22(3)19-20-26(30)33-24/h6-13,15-16,18-21,23-25,27-29,31-32H,5,14,17H2,1-4H3/b8-7?,12-10?,15-11?,16-6+,18-9?,20-19?,22-13?/t21-,23-,24-,25-,27-,28+/m1/s1. The minimum absolute atomic E-state index is 0.276. The maximum absolute atomic E-state index is 12.2. The molecule has 0 fully saturated rings. The monoisotopic (exact) mass is 456 g/mol. The molecule has 1 aliphatic heterocycles. The van der Waals surface area contributed by atoms with E-state index in [-0.39, 0.29) is 11.8 Å². The van der Waals surface area contributed by atoms with Crippen molar-refractivity contribution in [3.05, 3.63) is 84.6 Å². The van der Waals surface area contributed by atoms with E-state index in [0.29, 0.717) is 6.42 Å². The zero-order chi connectivity index (χ0) is 24.6. The number of hydrogen-bond acceptors (Lipinski definition) is 5. The van der Waals surface area contributed by atoms with E-state index in [9.17, 15) is 20.1 Å². The largest absolute Gasteiger partial charge is 0.455 e. The summed E-state index contributed by atoms with van der Waals surface area (Å²) in [6, 6.07) is 0. The summed E-state index contributed by atoms with van der Waals surface area (Å²) < 4.78 is 5.53. The Bertz CT molecular complexity index is 784. The van der Waals surface area contributed by atoms with E-state index in [4.69, 9.17) is 4.74 Å². The maximum Gasteiger partial charge on any atom is 0.331 e. The molecule has 3 N–H and O–H groups in total. The summed E-state index contributed by atoms with van der Waals surface area (Å²) in [6.07, 6.45) is 21.4. The third-order valence-corrected chi connectivity index (χ3v) is 5.24. The van der Waals surface area contributed by atoms with Crippen LogP contribution in [0.1, 0.15) is 47.0 Å². The molecule has 0 radical (unpaired) electrons. The van der Waals surface area contributed by atoms with Crippen molar-refractivity contribution in [2.45, 2.75) is 71.4 Å². The molecular weight excluding hydrogens is 416 g/mol. The molecule has 0 amide bonds. The Morgan fingerprint density at radius 3 is 2.45 bits per heavy atom. The molecule has 0 saturated carbocycles. The summed E-state index contributed by atoms with van der Waals surface area (Å²) in [4.78, 5) is 12.2. The molecule has 0 saturated heterocycles. The number of rotatable bonds is 2. The first-order chi connectivity index (χ1) is 15.7. The van der Waals surface area contributed by atoms with Gasteiger partial charge in [-0.3, -0.25) is 0 Å². The van der Waals surface area contributed by atoms with Crippen molar-refractivity contribution in [2.24, 2.45) is 11.8 Å². The fraction of sp³-hybridized carbons (Fsp3) is 0.464. The Kier molecular flexibility index (Phi) is 14.0. The van der Waals surface area contributed by atoms with Crippen LogP contribution in [-0.4, -0.2) is 45.7 Å². The van der Waals surface area contributed by atoms with Gasteiger partial charge in [0.05, 0.1) is 6.10 Å². The second kappa shape index (κ2) is 16.2. The van der Waals surface area contributed by atoms with Gasteiger partial charge >= 0.3 is 5.97 Å². The van der Waals surface area contributed by atoms with E-state index in [1.165, 1.54) is 12.2 Å². The summed E-state index contributed by atoms with van der Waals surface area (Å²) in [5.41, 5.74) is 0.933. The van der Waals surface area contributed by atoms with Crippen LogP contribution in [0.25, 0.3) is 0 Å². The normalized spacial score (nSPS) is 31.1. The van der Waals surface area contributed by atoms with Crippen molar-refractivity contribution in [1.82, 2.24) is 0 Å². The van der Waals surface area contributed by atoms with Gasteiger partial charge < -0.3 is 20.1 Å². The van der Waals surface area contributed by atoms with Crippen LogP contribution in [-0.2, 0) is 9.53 Å². The molecule has 0 aromatic rings. The number of esters is 1. The maximum atomic E-state index is 12.2. The van der Waals surface area contributed by atoms with E-state index in [0.717, 1.165) is 18.4 Å². The second-order valence-corrected chi connectivity index (χ2v) is 8.46. The van der Waals surface area contributed by atoms with Crippen LogP contribution in [0.3, 0.4) is 0 Å². The second-order valence-electron chi connectivity index (χ2n) is 8.46. The molecule has 0 spiro atoms. The molecule has 0 bridgehead atoms. The molecule has 1 rings (SSSR count). The molecule has 0 aromatic carbocycles. The highest BCUT2D eigenvalue weighted by Crippen LogP contribution is 2.15. The van der Waals surface area contributed by atoms with Crippen LogP contribution in [0.15, 0.2) is 84.6 Å². The molecule has 5 heteroatoms. The van der Waals surface area contributed by atoms with E-state index < -0.39 is 30.4 Å². The van der Waals surface area contributed by atoms with Crippen molar-refractivity contribution in [1.29, 1.82) is 0 Å². The molecule has 0 unspecified atom stereocenters. The zero-order valence-corrected chi connectivity index (χ0v) is 20.2. The van der Waals surface area contributed by atoms with Crippen molar-refractivity contribution >= 4 is 5.97 Å². The first-order valence-corrected chi connectivity index (χ1v) is 11.7. The lowest BCUT2D eigenvalue weighted by molar-refractivity contribution is -0.140. The molecule has 5 nitrogen and oxygen atoms in total. The fourth-order valence-corrected chi connectivity index (χ4v) is 3.09. The van der Waals surface area contributed by atoms with Crippen LogP contribution in [0, 0.1) is 11.8 Å². The summed E-state index contributed by atoms with van der Waals surface area (Å²) in [5, 5.41) is 30.8. The quantitative estimate of drug-likeness (QED) is 0.413. The van der Waals surface area contributed by atoms with E-state index in [2.05, 4.69) is 13.0 Å². The minimum atomic E-state index is -1.30. The Morgan fingerprint density at radius 2 is 1.73 bits per heavy atom. The number of allylic oxidation sites excluding steroid dienone is 9. The third kappa shape index (κ3) is 12.4. The highest BCUT2D eigenvalue weighted by atomic mass is 16.5. The van der Waals surface area contributed by atoms with Crippen LogP contribution in [0.4, 0.5) is 0 Å². The predicted molar refractivity (Wildman–Crippen MR) is 134 cm³/mol. The van der Waals surface area contributed by atoms with E-state index >= 15 is 0 Å². The van der Waals surface area contributed by atoms with Crippen molar-refractivity contribution in [3.8, 4) is 0 Å². The van der Waals surface area contributed by atoms with Gasteiger partial charge in [-0.25, -0.2) is 4.79 Å². The Balaban J connectivity index is 3.06. The number of cyclic esters (lactones) is 1. The highest BCUT2D eigenvalue weighted by molar-refractivity contribution is 5.82. The minimum Gasteiger partial charge on any atom is -0.455 e. The van der Waals surface area contributed by atoms with Crippen molar-refractivity contribution in [2.75, 3.05) is 0 Å². The number of aliphatic hydroxyl groups excluding tert-OH is 3. The van der Waals surface area contributed by atoms with Crippen LogP contribution >= 0.6 is 0 Å². The third-order valence-electron chi connectivity index (χ3n) is 5.24. The zero-order valence-electron chi connectivity index (χ0n) is 20.2. The molecule has 1 heterocycles. The lowest BCUT2D eigenvalue weighted by atomic mass is 9.94. The fourth-order valence-electron chi connectivity index (χ4n) is 3.09. The number of carbonyl (C=O) groups excluding carboxylic acids is 1. The number of hydrogen-bond donors (Lipinski definition) is 3. The van der Waals surface area contributed by atoms with Gasteiger partial charge in [-0.15, -0.1) is 0 Å².